The van der Waals surface area contributed by atoms with Gasteiger partial charge < -0.3 is 10.1 Å². The Bertz CT molecular complexity index is 486. The summed E-state index contributed by atoms with van der Waals surface area (Å²) >= 11 is 0. The molecule has 0 bridgehead atoms. The van der Waals surface area contributed by atoms with Gasteiger partial charge in [-0.1, -0.05) is 32.0 Å². The Morgan fingerprint density at radius 3 is 2.86 bits per heavy atom. The molecule has 2 nitrogen and oxygen atoms in total. The Morgan fingerprint density at radius 2 is 2.10 bits per heavy atom. The first-order chi connectivity index (χ1) is 10.1. The van der Waals surface area contributed by atoms with Crippen molar-refractivity contribution in [1.29, 1.82) is 0 Å². The molecule has 0 amide bonds. The topological polar surface area (TPSA) is 21.3 Å². The third-order valence-electron chi connectivity index (χ3n) is 5.45. The molecule has 3 rings (SSSR count). The van der Waals surface area contributed by atoms with Crippen LogP contribution >= 0.6 is 0 Å². The van der Waals surface area contributed by atoms with Crippen molar-refractivity contribution in [1.82, 2.24) is 5.32 Å². The van der Waals surface area contributed by atoms with Gasteiger partial charge in [-0.3, -0.25) is 0 Å². The Hall–Kier alpha value is -0.930. The van der Waals surface area contributed by atoms with Crippen LogP contribution in [-0.4, -0.2) is 25.8 Å². The molecular formula is C18H26FNO. The van der Waals surface area contributed by atoms with E-state index in [0.29, 0.717) is 12.0 Å². The second kappa shape index (κ2) is 6.05. The highest BCUT2D eigenvalue weighted by Crippen LogP contribution is 2.50. The molecule has 3 heteroatoms. The van der Waals surface area contributed by atoms with Gasteiger partial charge >= 0.3 is 0 Å². The lowest BCUT2D eigenvalue weighted by Crippen LogP contribution is -2.49. The molecule has 116 valence electrons. The van der Waals surface area contributed by atoms with E-state index in [1.165, 1.54) is 0 Å². The van der Waals surface area contributed by atoms with Crippen LogP contribution in [0.2, 0.25) is 0 Å². The Balaban J connectivity index is 1.92. The van der Waals surface area contributed by atoms with E-state index < -0.39 is 0 Å². The number of rotatable bonds is 2. The first kappa shape index (κ1) is 15.0. The predicted molar refractivity (Wildman–Crippen MR) is 82.9 cm³/mol. The third-order valence-corrected chi connectivity index (χ3v) is 5.45. The molecule has 2 aliphatic rings. The maximum atomic E-state index is 14.3. The van der Waals surface area contributed by atoms with E-state index in [-0.39, 0.29) is 17.2 Å². The Labute approximate surface area is 127 Å². The van der Waals surface area contributed by atoms with Crippen LogP contribution in [0.5, 0.6) is 0 Å². The van der Waals surface area contributed by atoms with Crippen molar-refractivity contribution in [2.24, 2.45) is 11.3 Å². The normalized spacial score (nSPS) is 33.5. The van der Waals surface area contributed by atoms with Gasteiger partial charge in [0.1, 0.15) is 5.82 Å². The highest BCUT2D eigenvalue weighted by molar-refractivity contribution is 5.26. The second-order valence-corrected chi connectivity index (χ2v) is 7.00. The number of hydrogen-bond acceptors (Lipinski definition) is 2. The number of halogens is 1. The van der Waals surface area contributed by atoms with Crippen molar-refractivity contribution in [3.05, 3.63) is 35.6 Å². The van der Waals surface area contributed by atoms with Crippen molar-refractivity contribution in [3.63, 3.8) is 0 Å². The highest BCUT2D eigenvalue weighted by Gasteiger charge is 2.46. The molecule has 2 heterocycles. The van der Waals surface area contributed by atoms with E-state index in [2.05, 4.69) is 19.2 Å². The van der Waals surface area contributed by atoms with E-state index in [1.807, 2.05) is 12.1 Å². The number of hydrogen-bond donors (Lipinski definition) is 1. The summed E-state index contributed by atoms with van der Waals surface area (Å²) in [4.78, 5) is 0. The largest absolute Gasteiger partial charge is 0.378 e. The van der Waals surface area contributed by atoms with Gasteiger partial charge in [0.15, 0.2) is 0 Å². The fourth-order valence-corrected chi connectivity index (χ4v) is 4.12. The molecule has 1 aromatic carbocycles. The monoisotopic (exact) mass is 291 g/mol. The van der Waals surface area contributed by atoms with Gasteiger partial charge in [-0.15, -0.1) is 0 Å². The van der Waals surface area contributed by atoms with Crippen molar-refractivity contribution >= 4 is 0 Å². The molecule has 1 N–H and O–H groups in total. The van der Waals surface area contributed by atoms with Crippen molar-refractivity contribution in [2.45, 2.75) is 45.1 Å². The van der Waals surface area contributed by atoms with Crippen LogP contribution < -0.4 is 5.32 Å². The van der Waals surface area contributed by atoms with E-state index >= 15 is 0 Å². The maximum absolute atomic E-state index is 14.3. The number of ether oxygens (including phenoxy) is 1. The zero-order valence-electron chi connectivity index (χ0n) is 13.1. The molecule has 3 atom stereocenters. The summed E-state index contributed by atoms with van der Waals surface area (Å²) in [6.45, 7) is 7.18. The first-order valence-corrected chi connectivity index (χ1v) is 8.19. The lowest BCUT2D eigenvalue weighted by Gasteiger charge is -2.50. The summed E-state index contributed by atoms with van der Waals surface area (Å²) in [5.41, 5.74) is 1.08. The summed E-state index contributed by atoms with van der Waals surface area (Å²) in [6.07, 6.45) is 3.55. The summed E-state index contributed by atoms with van der Waals surface area (Å²) in [5.74, 6) is 0.731. The van der Waals surface area contributed by atoms with Gasteiger partial charge in [0.25, 0.3) is 0 Å². The molecule has 0 aromatic heterocycles. The average Bonchev–Trinajstić information content (AvgIpc) is 2.49. The van der Waals surface area contributed by atoms with Gasteiger partial charge in [-0.2, -0.15) is 0 Å². The minimum atomic E-state index is -0.0573. The van der Waals surface area contributed by atoms with Crippen LogP contribution in [0.1, 0.15) is 44.6 Å². The second-order valence-electron chi connectivity index (χ2n) is 7.00. The van der Waals surface area contributed by atoms with E-state index in [4.69, 9.17) is 4.74 Å². The fraction of sp³-hybridized carbons (Fsp3) is 0.667. The van der Waals surface area contributed by atoms with Crippen LogP contribution in [-0.2, 0) is 4.74 Å². The molecule has 2 aliphatic heterocycles. The lowest BCUT2D eigenvalue weighted by atomic mass is 9.61. The maximum Gasteiger partial charge on any atom is 0.126 e. The molecule has 2 fully saturated rings. The molecule has 21 heavy (non-hydrogen) atoms. The van der Waals surface area contributed by atoms with Crippen LogP contribution in [0.4, 0.5) is 4.39 Å². The van der Waals surface area contributed by atoms with Gasteiger partial charge in [0, 0.05) is 19.1 Å². The van der Waals surface area contributed by atoms with E-state index in [9.17, 15) is 4.39 Å². The number of piperidine rings is 1. The molecule has 1 spiro atoms. The van der Waals surface area contributed by atoms with E-state index in [1.54, 1.807) is 12.1 Å². The summed E-state index contributed by atoms with van der Waals surface area (Å²) < 4.78 is 20.3. The fourth-order valence-electron chi connectivity index (χ4n) is 4.12. The van der Waals surface area contributed by atoms with E-state index in [0.717, 1.165) is 44.5 Å². The predicted octanol–water partition coefficient (Wildman–Crippen LogP) is 3.72. The lowest BCUT2D eigenvalue weighted by molar-refractivity contribution is -0.0865. The minimum Gasteiger partial charge on any atom is -0.378 e. The van der Waals surface area contributed by atoms with Gasteiger partial charge in [0.05, 0.1) is 6.10 Å². The van der Waals surface area contributed by atoms with Crippen LogP contribution in [0, 0.1) is 17.2 Å². The highest BCUT2D eigenvalue weighted by atomic mass is 19.1. The standard InChI is InChI=1S/C18H26FNO/c1-13(2)17-11-18(8-10-21-17)7-9-20-12-15(18)14-5-3-4-6-16(14)19/h3-6,13,15,17,20H,7-12H2,1-2H3. The van der Waals surface area contributed by atoms with Crippen molar-refractivity contribution in [3.8, 4) is 0 Å². The Kier molecular flexibility index (Phi) is 4.32. The Morgan fingerprint density at radius 1 is 1.29 bits per heavy atom. The van der Waals surface area contributed by atoms with Crippen LogP contribution in [0.15, 0.2) is 24.3 Å². The molecular weight excluding hydrogens is 265 g/mol. The van der Waals surface area contributed by atoms with Gasteiger partial charge in [-0.25, -0.2) is 4.39 Å². The summed E-state index contributed by atoms with van der Waals surface area (Å²) in [5, 5.41) is 3.47. The molecule has 0 radical (unpaired) electrons. The quantitative estimate of drug-likeness (QED) is 0.896. The zero-order chi connectivity index (χ0) is 14.9. The molecule has 1 aromatic rings. The summed E-state index contributed by atoms with van der Waals surface area (Å²) in [7, 11) is 0. The first-order valence-electron chi connectivity index (χ1n) is 8.19. The average molecular weight is 291 g/mol. The van der Waals surface area contributed by atoms with Crippen molar-refractivity contribution in [2.75, 3.05) is 19.7 Å². The molecule has 3 unspecified atom stereocenters. The molecule has 2 saturated heterocycles. The van der Waals surface area contributed by atoms with Gasteiger partial charge in [0.2, 0.25) is 0 Å². The SMILES string of the molecule is CC(C)C1CC2(CCNCC2c2ccccc2F)CCO1. The number of nitrogens with one attached hydrogen (secondary N) is 1. The zero-order valence-corrected chi connectivity index (χ0v) is 13.1. The minimum absolute atomic E-state index is 0.0573. The van der Waals surface area contributed by atoms with Crippen molar-refractivity contribution < 1.29 is 9.13 Å². The van der Waals surface area contributed by atoms with Gasteiger partial charge in [-0.05, 0) is 48.8 Å². The molecule has 0 saturated carbocycles. The van der Waals surface area contributed by atoms with Crippen LogP contribution in [0.25, 0.3) is 0 Å². The smallest absolute Gasteiger partial charge is 0.126 e. The van der Waals surface area contributed by atoms with Crippen LogP contribution in [0.3, 0.4) is 0 Å². The number of benzene rings is 1. The molecule has 0 aliphatic carbocycles. The third kappa shape index (κ3) is 2.86. The summed E-state index contributed by atoms with van der Waals surface area (Å²) in [6, 6.07) is 7.30.